The summed E-state index contributed by atoms with van der Waals surface area (Å²) in [6.45, 7) is 2.81. The minimum Gasteiger partial charge on any atom is -0.326 e. The number of carbonyl (C=O) groups is 2. The molecule has 0 aromatic heterocycles. The monoisotopic (exact) mass is 407 g/mol. The summed E-state index contributed by atoms with van der Waals surface area (Å²) in [4.78, 5) is 23.3. The second kappa shape index (κ2) is 9.43. The largest absolute Gasteiger partial charge is 0.326 e. The molecule has 0 atom stereocenters. The van der Waals surface area contributed by atoms with Crippen LogP contribution < -0.4 is 10.6 Å². The Kier molecular flexibility index (Phi) is 7.24. The highest BCUT2D eigenvalue weighted by Crippen LogP contribution is 2.15. The Morgan fingerprint density at radius 2 is 1.50 bits per heavy atom. The topological polar surface area (TPSA) is 95.6 Å². The summed E-state index contributed by atoms with van der Waals surface area (Å²) >= 11 is 0. The van der Waals surface area contributed by atoms with Gasteiger partial charge >= 0.3 is 0 Å². The number of nitrogens with one attached hydrogen (secondary N) is 2. The fraction of sp³-hybridized carbons (Fsp3) is 0.263. The van der Waals surface area contributed by atoms with Crippen LogP contribution in [0.15, 0.2) is 48.5 Å². The average molecular weight is 407 g/mol. The molecular weight excluding hydrogens is 385 g/mol. The zero-order chi connectivity index (χ0) is 20.7. The second-order valence-electron chi connectivity index (χ2n) is 6.12. The summed E-state index contributed by atoms with van der Waals surface area (Å²) in [7, 11) is -3.74. The molecule has 0 spiro atoms. The third-order valence-electron chi connectivity index (χ3n) is 3.82. The molecular formula is C19H22FN3O4S. The Labute approximate surface area is 163 Å². The van der Waals surface area contributed by atoms with Crippen molar-refractivity contribution in [2.75, 3.05) is 23.7 Å². The van der Waals surface area contributed by atoms with Crippen LogP contribution in [0, 0.1) is 5.82 Å². The summed E-state index contributed by atoms with van der Waals surface area (Å²) in [6.07, 6.45) is 0. The molecule has 2 rings (SSSR count). The van der Waals surface area contributed by atoms with Crippen LogP contribution in [0.4, 0.5) is 15.8 Å². The predicted octanol–water partition coefficient (Wildman–Crippen LogP) is 2.57. The summed E-state index contributed by atoms with van der Waals surface area (Å²) in [5, 5.41) is 5.23. The van der Waals surface area contributed by atoms with E-state index in [1.165, 1.54) is 31.2 Å². The quantitative estimate of drug-likeness (QED) is 0.703. The van der Waals surface area contributed by atoms with Gasteiger partial charge in [0.05, 0.1) is 12.3 Å². The Morgan fingerprint density at radius 3 is 2.00 bits per heavy atom. The molecule has 0 saturated heterocycles. The van der Waals surface area contributed by atoms with Crippen molar-refractivity contribution >= 4 is 33.2 Å². The van der Waals surface area contributed by atoms with Gasteiger partial charge in [-0.3, -0.25) is 9.59 Å². The fourth-order valence-corrected chi connectivity index (χ4v) is 3.99. The van der Waals surface area contributed by atoms with E-state index in [4.69, 9.17) is 0 Å². The standard InChI is InChI=1S/C19H22FN3O4S/c1-3-23(28(26,27)13-15-4-6-16(20)7-5-15)12-19(25)22-18-10-8-17(9-11-18)21-14(2)24/h4-11H,3,12-13H2,1-2H3,(H,21,24)(H,22,25). The number of hydrogen-bond acceptors (Lipinski definition) is 4. The Hall–Kier alpha value is -2.78. The maximum absolute atomic E-state index is 13.0. The van der Waals surface area contributed by atoms with Crippen LogP contribution in [-0.4, -0.2) is 37.6 Å². The van der Waals surface area contributed by atoms with Crippen molar-refractivity contribution in [2.45, 2.75) is 19.6 Å². The first-order valence-corrected chi connectivity index (χ1v) is 10.2. The van der Waals surface area contributed by atoms with Crippen LogP contribution in [0.2, 0.25) is 0 Å². The molecule has 0 aliphatic carbocycles. The number of rotatable bonds is 8. The first-order valence-electron chi connectivity index (χ1n) is 8.59. The van der Waals surface area contributed by atoms with Gasteiger partial charge in [-0.2, -0.15) is 4.31 Å². The average Bonchev–Trinajstić information content (AvgIpc) is 2.62. The van der Waals surface area contributed by atoms with E-state index < -0.39 is 21.7 Å². The van der Waals surface area contributed by atoms with Crippen LogP contribution in [0.25, 0.3) is 0 Å². The van der Waals surface area contributed by atoms with Gasteiger partial charge in [0.2, 0.25) is 21.8 Å². The molecule has 0 saturated carbocycles. The van der Waals surface area contributed by atoms with Gasteiger partial charge in [-0.15, -0.1) is 0 Å². The Bertz CT molecular complexity index is 929. The first-order chi connectivity index (χ1) is 13.2. The third kappa shape index (κ3) is 6.43. The summed E-state index contributed by atoms with van der Waals surface area (Å²) in [6, 6.07) is 11.6. The molecule has 0 bridgehead atoms. The lowest BCUT2D eigenvalue weighted by molar-refractivity contribution is -0.116. The lowest BCUT2D eigenvalue weighted by Crippen LogP contribution is -2.38. The maximum atomic E-state index is 13.0. The van der Waals surface area contributed by atoms with Crippen molar-refractivity contribution in [1.29, 1.82) is 0 Å². The van der Waals surface area contributed by atoms with E-state index in [2.05, 4.69) is 10.6 Å². The minimum absolute atomic E-state index is 0.123. The predicted molar refractivity (Wildman–Crippen MR) is 106 cm³/mol. The molecule has 28 heavy (non-hydrogen) atoms. The summed E-state index contributed by atoms with van der Waals surface area (Å²) < 4.78 is 39.2. The van der Waals surface area contributed by atoms with Gasteiger partial charge in [-0.1, -0.05) is 19.1 Å². The van der Waals surface area contributed by atoms with Crippen molar-refractivity contribution in [3.05, 3.63) is 59.9 Å². The van der Waals surface area contributed by atoms with E-state index in [-0.39, 0.29) is 24.7 Å². The van der Waals surface area contributed by atoms with Crippen LogP contribution in [-0.2, 0) is 25.4 Å². The number of anilines is 2. The van der Waals surface area contributed by atoms with Gasteiger partial charge in [-0.25, -0.2) is 12.8 Å². The highest BCUT2D eigenvalue weighted by atomic mass is 32.2. The highest BCUT2D eigenvalue weighted by Gasteiger charge is 2.23. The van der Waals surface area contributed by atoms with E-state index in [0.29, 0.717) is 16.9 Å². The molecule has 0 radical (unpaired) electrons. The molecule has 7 nitrogen and oxygen atoms in total. The molecule has 0 aliphatic heterocycles. The number of hydrogen-bond donors (Lipinski definition) is 2. The smallest absolute Gasteiger partial charge is 0.239 e. The molecule has 0 aliphatic rings. The van der Waals surface area contributed by atoms with Crippen LogP contribution in [0.1, 0.15) is 19.4 Å². The molecule has 2 aromatic carbocycles. The van der Waals surface area contributed by atoms with Gasteiger partial charge in [0.25, 0.3) is 0 Å². The third-order valence-corrected chi connectivity index (χ3v) is 5.69. The van der Waals surface area contributed by atoms with E-state index >= 15 is 0 Å². The normalized spacial score (nSPS) is 11.3. The summed E-state index contributed by atoms with van der Waals surface area (Å²) in [5.41, 5.74) is 1.50. The number of benzene rings is 2. The molecule has 0 unspecified atom stereocenters. The number of carbonyl (C=O) groups excluding carboxylic acids is 2. The molecule has 9 heteroatoms. The molecule has 2 aromatic rings. The highest BCUT2D eigenvalue weighted by molar-refractivity contribution is 7.88. The maximum Gasteiger partial charge on any atom is 0.239 e. The molecule has 0 heterocycles. The van der Waals surface area contributed by atoms with Crippen molar-refractivity contribution < 1.29 is 22.4 Å². The van der Waals surface area contributed by atoms with Gasteiger partial charge < -0.3 is 10.6 Å². The number of likely N-dealkylation sites (N-methyl/N-ethyl adjacent to an activating group) is 1. The van der Waals surface area contributed by atoms with E-state index in [1.807, 2.05) is 0 Å². The fourth-order valence-electron chi connectivity index (χ4n) is 2.49. The van der Waals surface area contributed by atoms with E-state index in [1.54, 1.807) is 31.2 Å². The zero-order valence-electron chi connectivity index (χ0n) is 15.6. The van der Waals surface area contributed by atoms with Crippen molar-refractivity contribution in [3.63, 3.8) is 0 Å². The molecule has 150 valence electrons. The Balaban J connectivity index is 1.99. The first kappa shape index (κ1) is 21.5. The number of amides is 2. The lowest BCUT2D eigenvalue weighted by atomic mass is 10.2. The van der Waals surface area contributed by atoms with Gasteiger partial charge in [0, 0.05) is 24.8 Å². The van der Waals surface area contributed by atoms with Gasteiger partial charge in [0.15, 0.2) is 0 Å². The second-order valence-corrected chi connectivity index (χ2v) is 8.08. The summed E-state index contributed by atoms with van der Waals surface area (Å²) in [5.74, 6) is -1.46. The Morgan fingerprint density at radius 1 is 0.964 bits per heavy atom. The van der Waals surface area contributed by atoms with Crippen LogP contribution in [0.5, 0.6) is 0 Å². The van der Waals surface area contributed by atoms with E-state index in [0.717, 1.165) is 4.31 Å². The number of sulfonamides is 1. The number of halogens is 1. The van der Waals surface area contributed by atoms with Gasteiger partial charge in [0.1, 0.15) is 5.82 Å². The van der Waals surface area contributed by atoms with Crippen molar-refractivity contribution in [2.24, 2.45) is 0 Å². The molecule has 2 N–H and O–H groups in total. The van der Waals surface area contributed by atoms with Gasteiger partial charge in [-0.05, 0) is 42.0 Å². The number of nitrogens with zero attached hydrogens (tertiary/aromatic N) is 1. The zero-order valence-corrected chi connectivity index (χ0v) is 16.4. The van der Waals surface area contributed by atoms with Crippen LogP contribution >= 0.6 is 0 Å². The lowest BCUT2D eigenvalue weighted by Gasteiger charge is -2.20. The SMILES string of the molecule is CCN(CC(=O)Nc1ccc(NC(C)=O)cc1)S(=O)(=O)Cc1ccc(F)cc1. The van der Waals surface area contributed by atoms with E-state index in [9.17, 15) is 22.4 Å². The molecule has 0 fully saturated rings. The van der Waals surface area contributed by atoms with Crippen molar-refractivity contribution in [3.8, 4) is 0 Å². The van der Waals surface area contributed by atoms with Crippen LogP contribution in [0.3, 0.4) is 0 Å². The molecule has 2 amide bonds. The minimum atomic E-state index is -3.74. The van der Waals surface area contributed by atoms with Crippen molar-refractivity contribution in [1.82, 2.24) is 4.31 Å².